The predicted molar refractivity (Wildman–Crippen MR) is 58.0 cm³/mol. The maximum atomic E-state index is 11.1. The quantitative estimate of drug-likeness (QED) is 0.675. The topological polar surface area (TPSA) is 78.5 Å². The molecule has 0 aromatic heterocycles. The van der Waals surface area contributed by atoms with Crippen molar-refractivity contribution in [1.29, 1.82) is 0 Å². The molecular weight excluding hydrogens is 286 g/mol. The van der Waals surface area contributed by atoms with Crippen molar-refractivity contribution in [1.82, 2.24) is 0 Å². The number of anilines is 1. The fraction of sp³-hybridized carbons (Fsp3) is 0.125. The lowest BCUT2D eigenvalue weighted by atomic mass is 10.2. The normalized spacial score (nSPS) is 11.9. The SMILES string of the molecule is COC(=O)c1ccc(Br)c(NS(=O)[O-])c1. The molecule has 1 unspecified atom stereocenters. The number of halogens is 1. The first-order valence-corrected chi connectivity index (χ1v) is 5.65. The van der Waals surface area contributed by atoms with Crippen LogP contribution in [0.1, 0.15) is 10.4 Å². The lowest BCUT2D eigenvalue weighted by Crippen LogP contribution is -2.06. The zero-order valence-corrected chi connectivity index (χ0v) is 10.1. The van der Waals surface area contributed by atoms with Crippen LogP contribution in [0.4, 0.5) is 5.69 Å². The van der Waals surface area contributed by atoms with Crippen LogP contribution in [0.2, 0.25) is 0 Å². The van der Waals surface area contributed by atoms with Gasteiger partial charge in [0.15, 0.2) is 0 Å². The predicted octanol–water partition coefficient (Wildman–Crippen LogP) is 1.44. The highest BCUT2D eigenvalue weighted by atomic mass is 79.9. The smallest absolute Gasteiger partial charge is 0.337 e. The molecule has 82 valence electrons. The van der Waals surface area contributed by atoms with Gasteiger partial charge in [0, 0.05) is 15.7 Å². The van der Waals surface area contributed by atoms with Crippen molar-refractivity contribution in [3.05, 3.63) is 28.2 Å². The van der Waals surface area contributed by atoms with Crippen molar-refractivity contribution in [3.8, 4) is 0 Å². The van der Waals surface area contributed by atoms with Crippen LogP contribution >= 0.6 is 15.9 Å². The zero-order chi connectivity index (χ0) is 11.4. The fourth-order valence-electron chi connectivity index (χ4n) is 0.938. The highest BCUT2D eigenvalue weighted by Gasteiger charge is 2.08. The van der Waals surface area contributed by atoms with E-state index in [9.17, 15) is 13.6 Å². The molecule has 0 radical (unpaired) electrons. The zero-order valence-electron chi connectivity index (χ0n) is 7.65. The van der Waals surface area contributed by atoms with Gasteiger partial charge in [-0.1, -0.05) is 0 Å². The molecule has 0 aliphatic heterocycles. The molecular formula is C8H7BrNO4S-. The van der Waals surface area contributed by atoms with E-state index in [1.165, 1.54) is 19.2 Å². The number of methoxy groups -OCH3 is 1. The average Bonchev–Trinajstić information content (AvgIpc) is 2.19. The van der Waals surface area contributed by atoms with E-state index in [1.54, 1.807) is 6.07 Å². The molecule has 0 spiro atoms. The molecule has 0 heterocycles. The molecule has 0 amide bonds. The third-order valence-electron chi connectivity index (χ3n) is 1.58. The van der Waals surface area contributed by atoms with Crippen molar-refractivity contribution >= 4 is 38.9 Å². The van der Waals surface area contributed by atoms with E-state index < -0.39 is 17.2 Å². The maximum absolute atomic E-state index is 11.1. The Morgan fingerprint density at radius 2 is 2.27 bits per heavy atom. The van der Waals surface area contributed by atoms with Gasteiger partial charge in [0.25, 0.3) is 0 Å². The van der Waals surface area contributed by atoms with Gasteiger partial charge in [0.2, 0.25) is 0 Å². The van der Waals surface area contributed by atoms with Crippen LogP contribution in [0.3, 0.4) is 0 Å². The van der Waals surface area contributed by atoms with Gasteiger partial charge in [0.05, 0.1) is 18.4 Å². The lowest BCUT2D eigenvalue weighted by Gasteiger charge is -2.11. The van der Waals surface area contributed by atoms with Gasteiger partial charge in [0.1, 0.15) is 0 Å². The van der Waals surface area contributed by atoms with Crippen molar-refractivity contribution in [3.63, 3.8) is 0 Å². The molecule has 1 aromatic carbocycles. The minimum absolute atomic E-state index is 0.272. The molecule has 7 heteroatoms. The molecule has 0 saturated carbocycles. The molecule has 0 aliphatic rings. The summed E-state index contributed by atoms with van der Waals surface area (Å²) < 4.78 is 28.0. The Morgan fingerprint density at radius 3 is 2.80 bits per heavy atom. The summed E-state index contributed by atoms with van der Waals surface area (Å²) >= 11 is 0.710. The van der Waals surface area contributed by atoms with Crippen LogP contribution in [-0.2, 0) is 16.0 Å². The van der Waals surface area contributed by atoms with E-state index in [2.05, 4.69) is 25.4 Å². The van der Waals surface area contributed by atoms with Crippen LogP contribution in [0.15, 0.2) is 22.7 Å². The first-order chi connectivity index (χ1) is 7.04. The van der Waals surface area contributed by atoms with E-state index in [0.29, 0.717) is 4.47 Å². The molecule has 15 heavy (non-hydrogen) atoms. The summed E-state index contributed by atoms with van der Waals surface area (Å²) in [6, 6.07) is 4.46. The molecule has 5 nitrogen and oxygen atoms in total. The number of nitrogens with one attached hydrogen (secondary N) is 1. The summed E-state index contributed by atoms with van der Waals surface area (Å²) in [6.45, 7) is 0. The van der Waals surface area contributed by atoms with Gasteiger partial charge in [-0.2, -0.15) is 0 Å². The molecule has 0 aliphatic carbocycles. The summed E-state index contributed by atoms with van der Waals surface area (Å²) in [6.07, 6.45) is 0. The molecule has 1 aromatic rings. The number of hydrogen-bond donors (Lipinski definition) is 1. The van der Waals surface area contributed by atoms with Crippen molar-refractivity contribution in [2.24, 2.45) is 0 Å². The Kier molecular flexibility index (Phi) is 4.25. The van der Waals surface area contributed by atoms with E-state index in [-0.39, 0.29) is 11.3 Å². The Bertz CT molecular complexity index is 410. The van der Waals surface area contributed by atoms with Gasteiger partial charge >= 0.3 is 5.97 Å². The van der Waals surface area contributed by atoms with Crippen LogP contribution in [0, 0.1) is 0 Å². The first kappa shape index (κ1) is 12.2. The van der Waals surface area contributed by atoms with E-state index >= 15 is 0 Å². The number of carbonyl (C=O) groups excluding carboxylic acids is 1. The van der Waals surface area contributed by atoms with Gasteiger partial charge < -0.3 is 14.0 Å². The Hall–Kier alpha value is -0.920. The number of rotatable bonds is 3. The van der Waals surface area contributed by atoms with Gasteiger partial charge in [-0.15, -0.1) is 0 Å². The first-order valence-electron chi connectivity index (χ1n) is 3.78. The second-order valence-corrected chi connectivity index (χ2v) is 4.05. The Balaban J connectivity index is 3.05. The van der Waals surface area contributed by atoms with Gasteiger partial charge in [-0.25, -0.2) is 4.79 Å². The van der Waals surface area contributed by atoms with Crippen molar-refractivity contribution in [2.45, 2.75) is 0 Å². The second kappa shape index (κ2) is 5.24. The summed E-state index contributed by atoms with van der Waals surface area (Å²) in [5, 5.41) is 0. The van der Waals surface area contributed by atoms with Crippen molar-refractivity contribution < 1.29 is 18.3 Å². The van der Waals surface area contributed by atoms with Gasteiger partial charge in [-0.3, -0.25) is 4.21 Å². The molecule has 1 atom stereocenters. The Morgan fingerprint density at radius 1 is 1.60 bits per heavy atom. The highest BCUT2D eigenvalue weighted by Crippen LogP contribution is 2.24. The number of ether oxygens (including phenoxy) is 1. The summed E-state index contributed by atoms with van der Waals surface area (Å²) in [4.78, 5) is 11.1. The number of benzene rings is 1. The summed E-state index contributed by atoms with van der Waals surface area (Å²) in [5.74, 6) is -0.526. The van der Waals surface area contributed by atoms with E-state index in [4.69, 9.17) is 0 Å². The third-order valence-corrected chi connectivity index (χ3v) is 2.66. The van der Waals surface area contributed by atoms with Gasteiger partial charge in [-0.05, 0) is 34.1 Å². The number of hydrogen-bond acceptors (Lipinski definition) is 4. The number of esters is 1. The minimum atomic E-state index is -2.43. The monoisotopic (exact) mass is 292 g/mol. The third kappa shape index (κ3) is 3.29. The minimum Gasteiger partial charge on any atom is -0.755 e. The largest absolute Gasteiger partial charge is 0.755 e. The van der Waals surface area contributed by atoms with E-state index in [1.807, 2.05) is 0 Å². The summed E-state index contributed by atoms with van der Waals surface area (Å²) in [7, 11) is 1.25. The molecule has 1 N–H and O–H groups in total. The molecule has 0 saturated heterocycles. The molecule has 0 bridgehead atoms. The summed E-state index contributed by atoms with van der Waals surface area (Å²) in [5.41, 5.74) is 0.555. The lowest BCUT2D eigenvalue weighted by molar-refractivity contribution is 0.0601. The van der Waals surface area contributed by atoms with Crippen LogP contribution in [0.25, 0.3) is 0 Å². The highest BCUT2D eigenvalue weighted by molar-refractivity contribution is 9.10. The number of carbonyl (C=O) groups is 1. The van der Waals surface area contributed by atoms with Crippen LogP contribution < -0.4 is 4.72 Å². The molecule has 0 fully saturated rings. The second-order valence-electron chi connectivity index (χ2n) is 2.52. The Labute approximate surface area is 97.4 Å². The standard InChI is InChI=1S/C8H8BrNO4S/c1-14-8(11)5-2-3-6(9)7(4-5)10-15(12)13/h2-4,10H,1H3,(H,12,13)/p-1. The molecule has 1 rings (SSSR count). The van der Waals surface area contributed by atoms with Crippen LogP contribution in [-0.4, -0.2) is 21.8 Å². The maximum Gasteiger partial charge on any atom is 0.337 e. The van der Waals surface area contributed by atoms with Crippen molar-refractivity contribution in [2.75, 3.05) is 11.8 Å². The fourth-order valence-corrected chi connectivity index (χ4v) is 1.76. The van der Waals surface area contributed by atoms with Crippen LogP contribution in [0.5, 0.6) is 0 Å². The average molecular weight is 293 g/mol. The van der Waals surface area contributed by atoms with E-state index in [0.717, 1.165) is 0 Å².